The molecule has 6 aliphatic rings. The third-order valence-electron chi connectivity index (χ3n) is 12.8. The van der Waals surface area contributed by atoms with Crippen LogP contribution >= 0.6 is 11.6 Å². The van der Waals surface area contributed by atoms with Crippen LogP contribution in [0.3, 0.4) is 0 Å². The number of aryl methyl sites for hydroxylation is 1. The number of carbonyl (C=O) groups is 3. The number of aromatic nitrogens is 4. The Kier molecular flexibility index (Phi) is 12.6. The molecule has 2 bridgehead atoms. The minimum absolute atomic E-state index is 0.0610. The lowest BCUT2D eigenvalue weighted by atomic mass is 9.83. The number of fused-ring (bicyclic) bond motifs is 3. The number of hydrogen-bond donors (Lipinski definition) is 4. The molecule has 8 atom stereocenters. The summed E-state index contributed by atoms with van der Waals surface area (Å²) in [6.45, 7) is 3.62. The number of ether oxygens (including phenoxy) is 4. The van der Waals surface area contributed by atoms with Gasteiger partial charge < -0.3 is 34.9 Å². The molecule has 2 spiro atoms. The fraction of sp³-hybridized carbons (Fsp3) is 0.619. The van der Waals surface area contributed by atoms with Crippen LogP contribution in [0.1, 0.15) is 105 Å². The molecule has 4 N–H and O–H groups in total. The van der Waals surface area contributed by atoms with E-state index in [2.05, 4.69) is 36.4 Å². The molecule has 18 nitrogen and oxygen atoms in total. The Labute approximate surface area is 362 Å². The second kappa shape index (κ2) is 18.3. The number of imidazole rings is 1. The summed E-state index contributed by atoms with van der Waals surface area (Å²) in [5.74, 6) is -3.08. The Morgan fingerprint density at radius 3 is 2.71 bits per heavy atom. The van der Waals surface area contributed by atoms with Crippen molar-refractivity contribution in [1.82, 2.24) is 35.6 Å². The summed E-state index contributed by atoms with van der Waals surface area (Å²) in [6.07, 6.45) is 11.2. The largest absolute Gasteiger partial charge is 0.446 e. The van der Waals surface area contributed by atoms with Gasteiger partial charge in [0.25, 0.3) is 5.91 Å². The number of halogens is 2. The maximum atomic E-state index is 14.6. The van der Waals surface area contributed by atoms with Crippen LogP contribution in [0.2, 0.25) is 5.02 Å². The highest BCUT2D eigenvalue weighted by atomic mass is 35.5. The van der Waals surface area contributed by atoms with Gasteiger partial charge in [0.15, 0.2) is 6.29 Å². The standard InChI is InChI=1S/C42H52ClFN8O10/c1-24-20-45-39(48-29-7-11-56-12-8-29)50-36(24)52-22-34(47-23-52)38(54)49-33(26-15-27(43)17-28(44)16-26)21-46-40(55)58-30-5-4-9-41(19-30)60-42(62-61-41)18-25-13-31(32(42)14-25)37(53)51-59-35-6-2-3-10-57-35/h15-17,20,22-23,25,29-33,35H,2-14,18-19,21H2,1H3,(H,46,55)(H,49,54)(H,51,53)(H,45,48,50)/t25-,30?,31-,32-,33-,35?,41?,42+/m1/s1. The van der Waals surface area contributed by atoms with Gasteiger partial charge in [-0.05, 0) is 88.0 Å². The van der Waals surface area contributed by atoms with Gasteiger partial charge in [0.2, 0.25) is 23.4 Å². The molecular weight excluding hydrogens is 831 g/mol. The van der Waals surface area contributed by atoms with E-state index in [0.29, 0.717) is 69.3 Å². The van der Waals surface area contributed by atoms with Gasteiger partial charge in [0.1, 0.15) is 29.8 Å². The average molecular weight is 883 g/mol. The highest BCUT2D eigenvalue weighted by Gasteiger charge is 2.67. The lowest BCUT2D eigenvalue weighted by Crippen LogP contribution is -2.49. The quantitative estimate of drug-likeness (QED) is 0.131. The van der Waals surface area contributed by atoms with Crippen LogP contribution < -0.4 is 21.4 Å². The molecule has 3 saturated carbocycles. The first-order valence-corrected chi connectivity index (χ1v) is 22.0. The summed E-state index contributed by atoms with van der Waals surface area (Å²) in [7, 11) is 0. The van der Waals surface area contributed by atoms with Gasteiger partial charge in [-0.15, -0.1) is 0 Å². The zero-order valence-electron chi connectivity index (χ0n) is 34.4. The molecular formula is C42H52ClFN8O10. The topological polar surface area (TPSA) is 208 Å². The Balaban J connectivity index is 0.811. The van der Waals surface area contributed by atoms with Crippen LogP contribution in [-0.4, -0.2) is 93.8 Å². The average Bonchev–Trinajstić information content (AvgIpc) is 4.07. The minimum Gasteiger partial charge on any atom is -0.446 e. The zero-order valence-corrected chi connectivity index (χ0v) is 35.2. The Hall–Kier alpha value is -4.50. The second-order valence-corrected chi connectivity index (χ2v) is 17.7. The summed E-state index contributed by atoms with van der Waals surface area (Å²) in [5, 5.41) is 9.06. The molecule has 2 aromatic heterocycles. The third kappa shape index (κ3) is 9.53. The smallest absolute Gasteiger partial charge is 0.407 e. The van der Waals surface area contributed by atoms with E-state index < -0.39 is 47.8 Å². The van der Waals surface area contributed by atoms with E-state index >= 15 is 0 Å². The maximum Gasteiger partial charge on any atom is 0.407 e. The lowest BCUT2D eigenvalue weighted by molar-refractivity contribution is -0.365. The molecule has 334 valence electrons. The third-order valence-corrected chi connectivity index (χ3v) is 13.0. The monoisotopic (exact) mass is 882 g/mol. The predicted molar refractivity (Wildman–Crippen MR) is 216 cm³/mol. The Morgan fingerprint density at radius 1 is 1.03 bits per heavy atom. The van der Waals surface area contributed by atoms with Gasteiger partial charge >= 0.3 is 6.09 Å². The van der Waals surface area contributed by atoms with Crippen molar-refractivity contribution in [3.63, 3.8) is 0 Å². The number of carbonyl (C=O) groups excluding carboxylic acids is 3. The predicted octanol–water partition coefficient (Wildman–Crippen LogP) is 5.49. The molecule has 6 fully saturated rings. The molecule has 3 aliphatic carbocycles. The number of nitrogens with zero attached hydrogens (tertiary/aromatic N) is 4. The van der Waals surface area contributed by atoms with Crippen molar-refractivity contribution in [1.29, 1.82) is 0 Å². The summed E-state index contributed by atoms with van der Waals surface area (Å²) < 4.78 is 39.8. The van der Waals surface area contributed by atoms with Crippen LogP contribution in [0.4, 0.5) is 15.1 Å². The highest BCUT2D eigenvalue weighted by Crippen LogP contribution is 2.61. The van der Waals surface area contributed by atoms with Gasteiger partial charge in [-0.1, -0.05) is 11.6 Å². The van der Waals surface area contributed by atoms with E-state index in [-0.39, 0.29) is 53.4 Å². The Morgan fingerprint density at radius 2 is 1.90 bits per heavy atom. The van der Waals surface area contributed by atoms with Crippen LogP contribution in [0.15, 0.2) is 36.9 Å². The molecule has 9 rings (SSSR count). The van der Waals surface area contributed by atoms with E-state index in [0.717, 1.165) is 50.2 Å². The SMILES string of the molecule is Cc1cnc(NC2CCOCC2)nc1-n1cnc(C(=O)N[C@H](CNC(=O)OC2CCCC3(C2)OO[C@]2(C[C@H]4C[C@@H]2[C@H](C(=O)NOC2CCCCO2)C4)O3)c2cc(F)cc(Cl)c2)c1. The number of nitrogens with one attached hydrogen (secondary N) is 4. The molecule has 3 unspecified atom stereocenters. The van der Waals surface area contributed by atoms with Crippen LogP contribution in [0.5, 0.6) is 0 Å². The number of benzene rings is 1. The van der Waals surface area contributed by atoms with E-state index in [1.54, 1.807) is 10.8 Å². The fourth-order valence-corrected chi connectivity index (χ4v) is 9.98. The number of amides is 3. The number of hydroxylamine groups is 1. The maximum absolute atomic E-state index is 14.6. The number of rotatable bonds is 12. The summed E-state index contributed by atoms with van der Waals surface area (Å²) in [5.41, 5.74) is 3.76. The van der Waals surface area contributed by atoms with Crippen molar-refractivity contribution in [2.75, 3.05) is 31.7 Å². The number of hydrogen-bond acceptors (Lipinski definition) is 14. The first-order valence-electron chi connectivity index (χ1n) is 21.6. The number of anilines is 1. The van der Waals surface area contributed by atoms with Crippen LogP contribution in [-0.2, 0) is 38.4 Å². The zero-order chi connectivity index (χ0) is 42.8. The molecule has 0 radical (unpaired) electrons. The van der Waals surface area contributed by atoms with Gasteiger partial charge in [-0.2, -0.15) is 14.8 Å². The molecule has 3 aliphatic heterocycles. The lowest BCUT2D eigenvalue weighted by Gasteiger charge is -2.38. The van der Waals surface area contributed by atoms with E-state index in [4.69, 9.17) is 45.2 Å². The number of alkyl carbamates (subject to hydrolysis) is 1. The molecule has 1 aromatic carbocycles. The van der Waals surface area contributed by atoms with Crippen molar-refractivity contribution in [2.24, 2.45) is 17.8 Å². The summed E-state index contributed by atoms with van der Waals surface area (Å²) >= 11 is 6.22. The van der Waals surface area contributed by atoms with Gasteiger partial charge in [0, 0.05) is 92.9 Å². The molecule has 62 heavy (non-hydrogen) atoms. The molecule has 3 saturated heterocycles. The normalized spacial score (nSPS) is 30.0. The van der Waals surface area contributed by atoms with Gasteiger partial charge in [-0.25, -0.2) is 29.5 Å². The summed E-state index contributed by atoms with van der Waals surface area (Å²) in [4.78, 5) is 71.3. The van der Waals surface area contributed by atoms with E-state index in [9.17, 15) is 18.8 Å². The van der Waals surface area contributed by atoms with Crippen LogP contribution in [0, 0.1) is 30.5 Å². The van der Waals surface area contributed by atoms with Crippen molar-refractivity contribution in [3.05, 3.63) is 64.6 Å². The van der Waals surface area contributed by atoms with Crippen molar-refractivity contribution >= 4 is 35.5 Å². The Bertz CT molecular complexity index is 2100. The fourth-order valence-electron chi connectivity index (χ4n) is 9.75. The molecule has 5 heterocycles. The van der Waals surface area contributed by atoms with E-state index in [1.165, 1.54) is 24.7 Å². The van der Waals surface area contributed by atoms with E-state index in [1.807, 2.05) is 6.92 Å². The molecule has 3 aromatic rings. The van der Waals surface area contributed by atoms with Gasteiger partial charge in [-0.3, -0.25) is 14.2 Å². The van der Waals surface area contributed by atoms with Crippen LogP contribution in [0.25, 0.3) is 5.82 Å². The van der Waals surface area contributed by atoms with Crippen molar-refractivity contribution in [2.45, 2.75) is 120 Å². The first-order chi connectivity index (χ1) is 30.0. The van der Waals surface area contributed by atoms with Crippen molar-refractivity contribution in [3.8, 4) is 5.82 Å². The van der Waals surface area contributed by atoms with Crippen molar-refractivity contribution < 1.29 is 52.3 Å². The summed E-state index contributed by atoms with van der Waals surface area (Å²) in [6, 6.07) is 3.15. The van der Waals surface area contributed by atoms with Gasteiger partial charge in [0.05, 0.1) is 6.04 Å². The minimum atomic E-state index is -1.16. The molecule has 20 heteroatoms. The first kappa shape index (κ1) is 42.8. The molecule has 3 amide bonds. The highest BCUT2D eigenvalue weighted by molar-refractivity contribution is 6.30. The second-order valence-electron chi connectivity index (χ2n) is 17.3.